The Bertz CT molecular complexity index is 716. The minimum Gasteiger partial charge on any atom is -0.493 e. The number of nitrogens with two attached hydrogens (primary N) is 1. The number of anilines is 1. The standard InChI is InChI=1S/C20H31N3O5.ClH/c1-20(2,11-21)12-22(3)19(25)13-7-17(24)23(10-13)14-8-15(26-4)18(28-6)16(9-14)27-5;/h8-9,13H,7,10-12,21H2,1-6H3;1H. The SMILES string of the molecule is COc1cc(N2CC(C(=O)N(C)CC(C)(C)CN)CC2=O)cc(OC)c1OC.Cl. The molecule has 0 saturated carbocycles. The second-order valence-electron chi connectivity index (χ2n) is 7.85. The number of ether oxygens (including phenoxy) is 3. The lowest BCUT2D eigenvalue weighted by Crippen LogP contribution is -2.42. The normalized spacial score (nSPS) is 16.3. The number of halogens is 1. The van der Waals surface area contributed by atoms with Gasteiger partial charge in [-0.1, -0.05) is 13.8 Å². The van der Waals surface area contributed by atoms with Crippen LogP contribution in [0.25, 0.3) is 0 Å². The van der Waals surface area contributed by atoms with Crippen molar-refractivity contribution in [3.05, 3.63) is 12.1 Å². The van der Waals surface area contributed by atoms with Crippen molar-refractivity contribution in [2.24, 2.45) is 17.1 Å². The molecule has 29 heavy (non-hydrogen) atoms. The van der Waals surface area contributed by atoms with Gasteiger partial charge in [-0.3, -0.25) is 9.59 Å². The Labute approximate surface area is 178 Å². The van der Waals surface area contributed by atoms with Crippen LogP contribution in [0.2, 0.25) is 0 Å². The third-order valence-electron chi connectivity index (χ3n) is 5.03. The zero-order valence-electron chi connectivity index (χ0n) is 18.0. The highest BCUT2D eigenvalue weighted by Crippen LogP contribution is 2.42. The summed E-state index contributed by atoms with van der Waals surface area (Å²) in [6, 6.07) is 3.43. The van der Waals surface area contributed by atoms with E-state index in [1.165, 1.54) is 21.3 Å². The summed E-state index contributed by atoms with van der Waals surface area (Å²) in [6.45, 7) is 5.35. The van der Waals surface area contributed by atoms with E-state index in [-0.39, 0.29) is 36.1 Å². The Morgan fingerprint density at radius 2 is 1.76 bits per heavy atom. The molecule has 0 spiro atoms. The molecule has 1 saturated heterocycles. The van der Waals surface area contributed by atoms with E-state index in [2.05, 4.69) is 0 Å². The highest BCUT2D eigenvalue weighted by Gasteiger charge is 2.38. The fraction of sp³-hybridized carbons (Fsp3) is 0.600. The van der Waals surface area contributed by atoms with Gasteiger partial charge in [0, 0.05) is 38.7 Å². The molecular formula is C20H32ClN3O5. The Kier molecular flexibility index (Phi) is 8.59. The topological polar surface area (TPSA) is 94.3 Å². The predicted octanol–water partition coefficient (Wildman–Crippen LogP) is 1.93. The van der Waals surface area contributed by atoms with Gasteiger partial charge in [-0.05, 0) is 12.0 Å². The van der Waals surface area contributed by atoms with Gasteiger partial charge in [0.2, 0.25) is 17.6 Å². The lowest BCUT2D eigenvalue weighted by atomic mass is 9.92. The Balaban J connectivity index is 0.00000420. The molecule has 0 radical (unpaired) electrons. The minimum atomic E-state index is -0.398. The number of rotatable bonds is 8. The Morgan fingerprint density at radius 1 is 1.21 bits per heavy atom. The number of benzene rings is 1. The summed E-state index contributed by atoms with van der Waals surface area (Å²) >= 11 is 0. The van der Waals surface area contributed by atoms with Crippen molar-refractivity contribution in [2.45, 2.75) is 20.3 Å². The van der Waals surface area contributed by atoms with E-state index in [1.54, 1.807) is 29.0 Å². The van der Waals surface area contributed by atoms with Crippen molar-refractivity contribution in [3.63, 3.8) is 0 Å². The Hall–Kier alpha value is -2.19. The molecule has 1 heterocycles. The van der Waals surface area contributed by atoms with Gasteiger partial charge < -0.3 is 29.7 Å². The molecule has 1 aromatic rings. The van der Waals surface area contributed by atoms with Crippen LogP contribution in [0, 0.1) is 11.3 Å². The summed E-state index contributed by atoms with van der Waals surface area (Å²) < 4.78 is 16.1. The number of hydrogen-bond donors (Lipinski definition) is 1. The third-order valence-corrected chi connectivity index (χ3v) is 5.03. The lowest BCUT2D eigenvalue weighted by Gasteiger charge is -2.30. The number of amides is 2. The summed E-state index contributed by atoms with van der Waals surface area (Å²) in [7, 11) is 6.32. The quantitative estimate of drug-likeness (QED) is 0.678. The average molecular weight is 430 g/mol. The first-order valence-corrected chi connectivity index (χ1v) is 9.22. The molecule has 2 N–H and O–H groups in total. The van der Waals surface area contributed by atoms with Crippen LogP contribution in [0.1, 0.15) is 20.3 Å². The number of carbonyl (C=O) groups excluding carboxylic acids is 2. The van der Waals surface area contributed by atoms with Gasteiger partial charge in [-0.15, -0.1) is 12.4 Å². The van der Waals surface area contributed by atoms with Crippen LogP contribution in [0.15, 0.2) is 12.1 Å². The highest BCUT2D eigenvalue weighted by molar-refractivity contribution is 6.00. The van der Waals surface area contributed by atoms with Gasteiger partial charge in [0.05, 0.1) is 32.9 Å². The molecule has 0 aliphatic carbocycles. The summed E-state index contributed by atoms with van der Waals surface area (Å²) in [4.78, 5) is 28.7. The summed E-state index contributed by atoms with van der Waals surface area (Å²) in [5, 5.41) is 0. The number of carbonyl (C=O) groups is 2. The second kappa shape index (κ2) is 10.0. The van der Waals surface area contributed by atoms with Gasteiger partial charge in [0.25, 0.3) is 0 Å². The van der Waals surface area contributed by atoms with Crippen LogP contribution in [0.3, 0.4) is 0 Å². The molecule has 1 fully saturated rings. The molecule has 1 aliphatic heterocycles. The van der Waals surface area contributed by atoms with E-state index in [9.17, 15) is 9.59 Å². The van der Waals surface area contributed by atoms with Crippen molar-refractivity contribution < 1.29 is 23.8 Å². The molecule has 0 bridgehead atoms. The molecule has 1 aliphatic rings. The maximum Gasteiger partial charge on any atom is 0.227 e. The molecule has 9 heteroatoms. The molecule has 1 unspecified atom stereocenters. The zero-order chi connectivity index (χ0) is 21.1. The first kappa shape index (κ1) is 24.8. The molecule has 1 atom stereocenters. The van der Waals surface area contributed by atoms with E-state index in [1.807, 2.05) is 13.8 Å². The van der Waals surface area contributed by atoms with Crippen molar-refractivity contribution >= 4 is 29.9 Å². The lowest BCUT2D eigenvalue weighted by molar-refractivity contribution is -0.135. The maximum atomic E-state index is 12.8. The van der Waals surface area contributed by atoms with Gasteiger partial charge in [0.1, 0.15) is 0 Å². The first-order chi connectivity index (χ1) is 13.2. The first-order valence-electron chi connectivity index (χ1n) is 9.22. The molecular weight excluding hydrogens is 398 g/mol. The van der Waals surface area contributed by atoms with Crippen molar-refractivity contribution in [2.75, 3.05) is 52.9 Å². The maximum absolute atomic E-state index is 12.8. The van der Waals surface area contributed by atoms with E-state index < -0.39 is 5.92 Å². The Morgan fingerprint density at radius 3 is 2.21 bits per heavy atom. The fourth-order valence-electron chi connectivity index (χ4n) is 3.44. The molecule has 2 amide bonds. The molecule has 2 rings (SSSR count). The zero-order valence-corrected chi connectivity index (χ0v) is 18.8. The van der Waals surface area contributed by atoms with Crippen LogP contribution >= 0.6 is 12.4 Å². The van der Waals surface area contributed by atoms with Crippen LogP contribution < -0.4 is 24.8 Å². The van der Waals surface area contributed by atoms with Crippen molar-refractivity contribution in [1.29, 1.82) is 0 Å². The van der Waals surface area contributed by atoms with E-state index in [0.29, 0.717) is 42.6 Å². The van der Waals surface area contributed by atoms with Gasteiger partial charge in [0.15, 0.2) is 11.5 Å². The molecule has 1 aromatic carbocycles. The van der Waals surface area contributed by atoms with Crippen molar-refractivity contribution in [1.82, 2.24) is 4.90 Å². The number of hydrogen-bond acceptors (Lipinski definition) is 6. The monoisotopic (exact) mass is 429 g/mol. The molecule has 8 nitrogen and oxygen atoms in total. The van der Waals surface area contributed by atoms with Crippen LogP contribution in [0.5, 0.6) is 17.2 Å². The molecule has 164 valence electrons. The highest BCUT2D eigenvalue weighted by atomic mass is 35.5. The van der Waals surface area contributed by atoms with E-state index >= 15 is 0 Å². The smallest absolute Gasteiger partial charge is 0.227 e. The average Bonchev–Trinajstić information content (AvgIpc) is 3.07. The predicted molar refractivity (Wildman–Crippen MR) is 114 cm³/mol. The largest absolute Gasteiger partial charge is 0.493 e. The van der Waals surface area contributed by atoms with Gasteiger partial charge in [-0.2, -0.15) is 0 Å². The molecule has 0 aromatic heterocycles. The van der Waals surface area contributed by atoms with Gasteiger partial charge >= 0.3 is 0 Å². The van der Waals surface area contributed by atoms with Crippen LogP contribution in [0.4, 0.5) is 5.69 Å². The summed E-state index contributed by atoms with van der Waals surface area (Å²) in [5.74, 6) is 0.813. The van der Waals surface area contributed by atoms with Crippen LogP contribution in [-0.4, -0.2) is 64.7 Å². The van der Waals surface area contributed by atoms with Crippen LogP contribution in [-0.2, 0) is 9.59 Å². The minimum absolute atomic E-state index is 0. The summed E-state index contributed by atoms with van der Waals surface area (Å²) in [5.41, 5.74) is 6.21. The van der Waals surface area contributed by atoms with Crippen molar-refractivity contribution in [3.8, 4) is 17.2 Å². The van der Waals surface area contributed by atoms with E-state index in [0.717, 1.165) is 0 Å². The third kappa shape index (κ3) is 5.45. The number of methoxy groups -OCH3 is 3. The second-order valence-corrected chi connectivity index (χ2v) is 7.85. The van der Waals surface area contributed by atoms with Gasteiger partial charge in [-0.25, -0.2) is 0 Å². The number of nitrogens with zero attached hydrogens (tertiary/aromatic N) is 2. The van der Waals surface area contributed by atoms with E-state index in [4.69, 9.17) is 19.9 Å². The fourth-order valence-corrected chi connectivity index (χ4v) is 3.44. The summed E-state index contributed by atoms with van der Waals surface area (Å²) in [6.07, 6.45) is 0.170.